The van der Waals surface area contributed by atoms with Crippen LogP contribution in [-0.2, 0) is 0 Å². The van der Waals surface area contributed by atoms with Gasteiger partial charge in [-0.2, -0.15) is 5.10 Å². The summed E-state index contributed by atoms with van der Waals surface area (Å²) in [6.07, 6.45) is 0. The lowest BCUT2D eigenvalue weighted by Gasteiger charge is -2.14. The molecule has 0 heterocycles. The van der Waals surface area contributed by atoms with Gasteiger partial charge < -0.3 is 20.4 Å². The molecule has 0 unspecified atom stereocenters. The van der Waals surface area contributed by atoms with E-state index in [1.165, 1.54) is 20.3 Å². The largest absolute Gasteiger partial charge is 0.507 e. The summed E-state index contributed by atoms with van der Waals surface area (Å²) in [5.41, 5.74) is 1.49. The zero-order valence-corrected chi connectivity index (χ0v) is 12.4. The predicted octanol–water partition coefficient (Wildman–Crippen LogP) is 2.77. The van der Waals surface area contributed by atoms with Gasteiger partial charge >= 0.3 is 0 Å². The number of nitrogens with zero attached hydrogens (tertiary/aromatic N) is 1. The standard InChI is InChI=1S/C15H15ClN2O3/c1-20-11-7-12(19)14(13(8-11)21-2)15(18-17)9-3-5-10(16)6-4-9/h3-8,19H,17H2,1-2H3/b18-15-. The second kappa shape index (κ2) is 6.37. The molecule has 3 N–H and O–H groups in total. The second-order valence-electron chi connectivity index (χ2n) is 4.21. The summed E-state index contributed by atoms with van der Waals surface area (Å²) >= 11 is 5.87. The Labute approximate surface area is 127 Å². The van der Waals surface area contributed by atoms with Gasteiger partial charge in [0.05, 0.1) is 19.8 Å². The molecule has 0 radical (unpaired) electrons. The smallest absolute Gasteiger partial charge is 0.135 e. The molecule has 110 valence electrons. The van der Waals surface area contributed by atoms with Crippen LogP contribution in [0.3, 0.4) is 0 Å². The molecule has 0 spiro atoms. The Bertz CT molecular complexity index is 669. The lowest BCUT2D eigenvalue weighted by Crippen LogP contribution is -2.09. The van der Waals surface area contributed by atoms with Crippen LogP contribution in [0.4, 0.5) is 0 Å². The van der Waals surface area contributed by atoms with Crippen LogP contribution in [0, 0.1) is 0 Å². The van der Waals surface area contributed by atoms with E-state index >= 15 is 0 Å². The minimum atomic E-state index is -0.0367. The average Bonchev–Trinajstić information content (AvgIpc) is 2.50. The van der Waals surface area contributed by atoms with E-state index in [2.05, 4.69) is 5.10 Å². The molecule has 0 aliphatic carbocycles. The van der Waals surface area contributed by atoms with E-state index < -0.39 is 0 Å². The first-order valence-electron chi connectivity index (χ1n) is 6.10. The Kier molecular flexibility index (Phi) is 4.55. The summed E-state index contributed by atoms with van der Waals surface area (Å²) in [7, 11) is 3.00. The number of nitrogens with two attached hydrogens (primary N) is 1. The van der Waals surface area contributed by atoms with E-state index in [-0.39, 0.29) is 5.75 Å². The summed E-state index contributed by atoms with van der Waals surface area (Å²) < 4.78 is 10.4. The number of hydrogen-bond donors (Lipinski definition) is 2. The normalized spacial score (nSPS) is 11.3. The van der Waals surface area contributed by atoms with Crippen molar-refractivity contribution in [3.8, 4) is 17.2 Å². The summed E-state index contributed by atoms with van der Waals surface area (Å²) in [5.74, 6) is 6.34. The van der Waals surface area contributed by atoms with Gasteiger partial charge in [0.2, 0.25) is 0 Å². The third-order valence-electron chi connectivity index (χ3n) is 2.99. The van der Waals surface area contributed by atoms with Crippen LogP contribution in [-0.4, -0.2) is 25.0 Å². The lowest BCUT2D eigenvalue weighted by atomic mass is 10.00. The van der Waals surface area contributed by atoms with Crippen molar-refractivity contribution < 1.29 is 14.6 Å². The number of hydrazone groups is 1. The third kappa shape index (κ3) is 3.03. The summed E-state index contributed by atoms with van der Waals surface area (Å²) in [4.78, 5) is 0. The van der Waals surface area contributed by atoms with Crippen molar-refractivity contribution in [2.75, 3.05) is 14.2 Å². The molecule has 2 rings (SSSR count). The maximum Gasteiger partial charge on any atom is 0.135 e. The van der Waals surface area contributed by atoms with Gasteiger partial charge in [0, 0.05) is 22.7 Å². The highest BCUT2D eigenvalue weighted by molar-refractivity contribution is 6.30. The van der Waals surface area contributed by atoms with Crippen molar-refractivity contribution in [2.24, 2.45) is 10.9 Å². The van der Waals surface area contributed by atoms with E-state index in [1.807, 2.05) is 0 Å². The number of halogens is 1. The van der Waals surface area contributed by atoms with Crippen LogP contribution in [0.1, 0.15) is 11.1 Å². The van der Waals surface area contributed by atoms with E-state index in [0.717, 1.165) is 0 Å². The van der Waals surface area contributed by atoms with Crippen LogP contribution in [0.5, 0.6) is 17.2 Å². The van der Waals surface area contributed by atoms with Crippen molar-refractivity contribution in [3.63, 3.8) is 0 Å². The molecule has 2 aromatic carbocycles. The van der Waals surface area contributed by atoms with Crippen LogP contribution in [0.15, 0.2) is 41.5 Å². The molecule has 2 aromatic rings. The minimum absolute atomic E-state index is 0.0367. The highest BCUT2D eigenvalue weighted by Crippen LogP contribution is 2.35. The monoisotopic (exact) mass is 306 g/mol. The molecule has 0 aromatic heterocycles. The summed E-state index contributed by atoms with van der Waals surface area (Å²) in [6.45, 7) is 0. The SMILES string of the molecule is COc1cc(O)c(/C(=N\N)c2ccc(Cl)cc2)c(OC)c1. The van der Waals surface area contributed by atoms with Crippen LogP contribution in [0.25, 0.3) is 0 Å². The quantitative estimate of drug-likeness (QED) is 0.517. The minimum Gasteiger partial charge on any atom is -0.507 e. The predicted molar refractivity (Wildman–Crippen MR) is 82.5 cm³/mol. The first kappa shape index (κ1) is 15.0. The molecular weight excluding hydrogens is 292 g/mol. The van der Waals surface area contributed by atoms with E-state index in [9.17, 15) is 5.11 Å². The maximum atomic E-state index is 10.2. The van der Waals surface area contributed by atoms with Gasteiger partial charge in [-0.15, -0.1) is 0 Å². The van der Waals surface area contributed by atoms with Gasteiger partial charge in [-0.1, -0.05) is 23.7 Å². The number of phenolic OH excluding ortho intramolecular Hbond substituents is 1. The molecule has 0 fully saturated rings. The molecule has 0 aliphatic heterocycles. The first-order valence-corrected chi connectivity index (χ1v) is 6.47. The van der Waals surface area contributed by atoms with Crippen LogP contribution in [0.2, 0.25) is 5.02 Å². The molecule has 6 heteroatoms. The topological polar surface area (TPSA) is 77.1 Å². The number of aromatic hydroxyl groups is 1. The molecule has 0 saturated carbocycles. The molecule has 0 saturated heterocycles. The van der Waals surface area contributed by atoms with E-state index in [1.54, 1.807) is 30.3 Å². The zero-order valence-electron chi connectivity index (χ0n) is 11.6. The van der Waals surface area contributed by atoms with Gasteiger partial charge in [-0.3, -0.25) is 0 Å². The molecule has 0 atom stereocenters. The highest BCUT2D eigenvalue weighted by atomic mass is 35.5. The molecule has 0 aliphatic rings. The summed E-state index contributed by atoms with van der Waals surface area (Å²) in [6, 6.07) is 10.1. The Morgan fingerprint density at radius 1 is 1.14 bits per heavy atom. The van der Waals surface area contributed by atoms with Crippen molar-refractivity contribution >= 4 is 17.3 Å². The Hall–Kier alpha value is -2.40. The van der Waals surface area contributed by atoms with Crippen molar-refractivity contribution in [1.82, 2.24) is 0 Å². The van der Waals surface area contributed by atoms with Crippen LogP contribution >= 0.6 is 11.6 Å². The van der Waals surface area contributed by atoms with Crippen molar-refractivity contribution in [2.45, 2.75) is 0 Å². The van der Waals surface area contributed by atoms with E-state index in [4.69, 9.17) is 26.9 Å². The molecule has 0 bridgehead atoms. The fourth-order valence-electron chi connectivity index (χ4n) is 1.98. The molecule has 5 nitrogen and oxygen atoms in total. The highest BCUT2D eigenvalue weighted by Gasteiger charge is 2.19. The molecule has 0 amide bonds. The van der Waals surface area contributed by atoms with Gasteiger partial charge in [0.25, 0.3) is 0 Å². The van der Waals surface area contributed by atoms with Crippen LogP contribution < -0.4 is 15.3 Å². The third-order valence-corrected chi connectivity index (χ3v) is 3.25. The van der Waals surface area contributed by atoms with E-state index in [0.29, 0.717) is 33.4 Å². The number of rotatable bonds is 4. The first-order chi connectivity index (χ1) is 10.1. The summed E-state index contributed by atoms with van der Waals surface area (Å²) in [5, 5.41) is 14.6. The van der Waals surface area contributed by atoms with Gasteiger partial charge in [-0.25, -0.2) is 0 Å². The Balaban J connectivity index is 2.60. The van der Waals surface area contributed by atoms with Crippen molar-refractivity contribution in [1.29, 1.82) is 0 Å². The van der Waals surface area contributed by atoms with Gasteiger partial charge in [-0.05, 0) is 12.1 Å². The number of hydrogen-bond acceptors (Lipinski definition) is 5. The Morgan fingerprint density at radius 3 is 2.33 bits per heavy atom. The number of methoxy groups -OCH3 is 2. The molecule has 21 heavy (non-hydrogen) atoms. The number of benzene rings is 2. The fourth-order valence-corrected chi connectivity index (χ4v) is 2.11. The molecular formula is C15H15ClN2O3. The maximum absolute atomic E-state index is 10.2. The second-order valence-corrected chi connectivity index (χ2v) is 4.64. The lowest BCUT2D eigenvalue weighted by molar-refractivity contribution is 0.384. The number of phenols is 1. The van der Waals surface area contributed by atoms with Gasteiger partial charge in [0.15, 0.2) is 0 Å². The fraction of sp³-hybridized carbons (Fsp3) is 0.133. The van der Waals surface area contributed by atoms with Crippen molar-refractivity contribution in [3.05, 3.63) is 52.5 Å². The Morgan fingerprint density at radius 2 is 1.81 bits per heavy atom. The zero-order chi connectivity index (χ0) is 15.4. The van der Waals surface area contributed by atoms with Gasteiger partial charge in [0.1, 0.15) is 23.0 Å². The average molecular weight is 307 g/mol. The number of ether oxygens (including phenoxy) is 2.